The topological polar surface area (TPSA) is 0 Å². The molecular formula is C9H15F4Na. The molecule has 0 atom stereocenters. The fourth-order valence-corrected chi connectivity index (χ4v) is 1.08. The predicted molar refractivity (Wildman–Crippen MR) is 43.8 cm³/mol. The zero-order valence-electron chi connectivity index (χ0n) is 8.54. The first-order valence-corrected chi connectivity index (χ1v) is 4.55. The van der Waals surface area contributed by atoms with Gasteiger partial charge in [-0.25, -0.2) is 0 Å². The number of alkyl halides is 3. The molecule has 0 aliphatic carbocycles. The standard InChI is InChI=1S/C9H15F4.Na/c10-8-6-4-2-1-3-5-7-9(11,12)13;/h8H,1-7H2;/q-1;+1. The van der Waals surface area contributed by atoms with Crippen LogP contribution in [0.15, 0.2) is 0 Å². The van der Waals surface area contributed by atoms with Crippen LogP contribution >= 0.6 is 0 Å². The zero-order valence-corrected chi connectivity index (χ0v) is 10.5. The van der Waals surface area contributed by atoms with Gasteiger partial charge in [0.15, 0.2) is 0 Å². The van der Waals surface area contributed by atoms with Crippen LogP contribution in [0.3, 0.4) is 0 Å². The van der Waals surface area contributed by atoms with Gasteiger partial charge in [-0.05, 0) is 6.42 Å². The van der Waals surface area contributed by atoms with Gasteiger partial charge in [-0.1, -0.05) is 25.7 Å². The second-order valence-corrected chi connectivity index (χ2v) is 3.08. The number of unbranched alkanes of at least 4 members (excludes halogenated alkanes) is 5. The van der Waals surface area contributed by atoms with Gasteiger partial charge in [-0.3, -0.25) is 0 Å². The summed E-state index contributed by atoms with van der Waals surface area (Å²) in [4.78, 5) is 0. The van der Waals surface area contributed by atoms with Crippen LogP contribution in [-0.4, -0.2) is 6.18 Å². The van der Waals surface area contributed by atoms with E-state index in [9.17, 15) is 17.6 Å². The third-order valence-electron chi connectivity index (χ3n) is 1.77. The second-order valence-electron chi connectivity index (χ2n) is 3.08. The van der Waals surface area contributed by atoms with Crippen molar-refractivity contribution in [2.24, 2.45) is 0 Å². The molecule has 0 saturated carbocycles. The summed E-state index contributed by atoms with van der Waals surface area (Å²) in [5, 5.41) is 0. The Balaban J connectivity index is 0. The molecule has 80 valence electrons. The van der Waals surface area contributed by atoms with Crippen molar-refractivity contribution < 1.29 is 47.1 Å². The summed E-state index contributed by atoms with van der Waals surface area (Å²) in [6, 6.07) is 0. The Kier molecular flexibility index (Phi) is 12.5. The van der Waals surface area contributed by atoms with Crippen molar-refractivity contribution >= 4 is 0 Å². The van der Waals surface area contributed by atoms with Gasteiger partial charge >= 0.3 is 35.7 Å². The SMILES string of the molecule is F[CH-]CCCCCCCC(F)(F)F.[Na+]. The molecule has 14 heavy (non-hydrogen) atoms. The summed E-state index contributed by atoms with van der Waals surface area (Å²) >= 11 is 0. The molecule has 0 aliphatic heterocycles. The maximum absolute atomic E-state index is 11.6. The third kappa shape index (κ3) is 15.2. The average molecular weight is 222 g/mol. The van der Waals surface area contributed by atoms with Crippen LogP contribution < -0.4 is 29.6 Å². The fourth-order valence-electron chi connectivity index (χ4n) is 1.08. The normalized spacial score (nSPS) is 11.1. The van der Waals surface area contributed by atoms with Crippen LogP contribution in [0.1, 0.15) is 44.9 Å². The van der Waals surface area contributed by atoms with Crippen LogP contribution in [0.4, 0.5) is 17.6 Å². The Morgan fingerprint density at radius 3 is 1.86 bits per heavy atom. The summed E-state index contributed by atoms with van der Waals surface area (Å²) in [6.07, 6.45) is -1.19. The molecule has 0 saturated heterocycles. The molecule has 0 rings (SSSR count). The van der Waals surface area contributed by atoms with Crippen molar-refractivity contribution in [3.05, 3.63) is 6.67 Å². The molecule has 0 spiro atoms. The van der Waals surface area contributed by atoms with Gasteiger partial charge in [0.25, 0.3) is 0 Å². The van der Waals surface area contributed by atoms with E-state index in [0.717, 1.165) is 19.3 Å². The summed E-state index contributed by atoms with van der Waals surface area (Å²) in [5.74, 6) is 0. The van der Waals surface area contributed by atoms with Crippen LogP contribution in [0.25, 0.3) is 0 Å². The van der Waals surface area contributed by atoms with E-state index in [4.69, 9.17) is 0 Å². The molecule has 0 unspecified atom stereocenters. The minimum Gasteiger partial charge on any atom is -0.459 e. The van der Waals surface area contributed by atoms with Crippen LogP contribution in [0.2, 0.25) is 0 Å². The van der Waals surface area contributed by atoms with Gasteiger partial charge < -0.3 is 4.39 Å². The predicted octanol–water partition coefficient (Wildman–Crippen LogP) is 1.41. The minimum absolute atomic E-state index is 0. The summed E-state index contributed by atoms with van der Waals surface area (Å²) < 4.78 is 46.3. The first kappa shape index (κ1) is 17.1. The van der Waals surface area contributed by atoms with Crippen LogP contribution in [-0.2, 0) is 0 Å². The Morgan fingerprint density at radius 1 is 0.857 bits per heavy atom. The maximum atomic E-state index is 11.6. The van der Waals surface area contributed by atoms with E-state index in [1.807, 2.05) is 0 Å². The molecule has 0 heterocycles. The van der Waals surface area contributed by atoms with Crippen molar-refractivity contribution in [3.63, 3.8) is 0 Å². The Morgan fingerprint density at radius 2 is 1.36 bits per heavy atom. The molecule has 0 radical (unpaired) electrons. The first-order valence-electron chi connectivity index (χ1n) is 4.55. The van der Waals surface area contributed by atoms with E-state index in [0.29, 0.717) is 19.5 Å². The van der Waals surface area contributed by atoms with Gasteiger partial charge in [0, 0.05) is 6.42 Å². The molecule has 0 N–H and O–H groups in total. The molecule has 5 heteroatoms. The van der Waals surface area contributed by atoms with E-state index in [2.05, 4.69) is 0 Å². The van der Waals surface area contributed by atoms with E-state index in [1.165, 1.54) is 0 Å². The van der Waals surface area contributed by atoms with Gasteiger partial charge in [-0.15, -0.1) is 0 Å². The summed E-state index contributed by atoms with van der Waals surface area (Å²) in [6.45, 7) is 0.593. The van der Waals surface area contributed by atoms with Crippen molar-refractivity contribution in [1.82, 2.24) is 0 Å². The molecule has 0 aromatic carbocycles. The van der Waals surface area contributed by atoms with Crippen LogP contribution in [0, 0.1) is 6.67 Å². The first-order chi connectivity index (χ1) is 6.06. The van der Waals surface area contributed by atoms with E-state index in [1.54, 1.807) is 0 Å². The fraction of sp³-hybridized carbons (Fsp3) is 0.889. The smallest absolute Gasteiger partial charge is 0.459 e. The number of halogens is 4. The van der Waals surface area contributed by atoms with Crippen molar-refractivity contribution in [2.45, 2.75) is 51.1 Å². The number of hydrogen-bond acceptors (Lipinski definition) is 0. The minimum atomic E-state index is -4.02. The molecule has 0 amide bonds. The van der Waals surface area contributed by atoms with Crippen LogP contribution in [0.5, 0.6) is 0 Å². The Labute approximate surface area is 105 Å². The number of hydrogen-bond donors (Lipinski definition) is 0. The van der Waals surface area contributed by atoms with Crippen molar-refractivity contribution in [3.8, 4) is 0 Å². The largest absolute Gasteiger partial charge is 1.00 e. The van der Waals surface area contributed by atoms with Gasteiger partial charge in [0.2, 0.25) is 0 Å². The van der Waals surface area contributed by atoms with Crippen molar-refractivity contribution in [2.75, 3.05) is 0 Å². The van der Waals surface area contributed by atoms with Gasteiger partial charge in [0.1, 0.15) is 0 Å². The summed E-state index contributed by atoms with van der Waals surface area (Å²) in [7, 11) is 0. The quantitative estimate of drug-likeness (QED) is 0.264. The Hall–Kier alpha value is 0.720. The molecule has 0 aliphatic rings. The van der Waals surface area contributed by atoms with E-state index >= 15 is 0 Å². The maximum Gasteiger partial charge on any atom is 1.00 e. The summed E-state index contributed by atoms with van der Waals surface area (Å²) in [5.41, 5.74) is 0. The van der Waals surface area contributed by atoms with E-state index in [-0.39, 0.29) is 36.0 Å². The molecule has 0 bridgehead atoms. The Bertz CT molecular complexity index is 114. The van der Waals surface area contributed by atoms with Crippen molar-refractivity contribution in [1.29, 1.82) is 0 Å². The zero-order chi connectivity index (χ0) is 10.2. The third-order valence-corrected chi connectivity index (χ3v) is 1.77. The monoisotopic (exact) mass is 222 g/mol. The molecule has 0 nitrogen and oxygen atoms in total. The second kappa shape index (κ2) is 10.2. The molecular weight excluding hydrogens is 207 g/mol. The number of rotatable bonds is 7. The van der Waals surface area contributed by atoms with Gasteiger partial charge in [0.05, 0.1) is 0 Å². The molecule has 0 aromatic heterocycles. The van der Waals surface area contributed by atoms with E-state index < -0.39 is 12.6 Å². The molecule has 0 aromatic rings. The average Bonchev–Trinajstić information content (AvgIpc) is 2.01. The molecule has 0 fully saturated rings. The van der Waals surface area contributed by atoms with Gasteiger partial charge in [-0.2, -0.15) is 26.3 Å².